The quantitative estimate of drug-likeness (QED) is 0.555. The Balaban J connectivity index is 2.58. The first-order valence-corrected chi connectivity index (χ1v) is 6.73. The van der Waals surface area contributed by atoms with Crippen molar-refractivity contribution in [2.75, 3.05) is 0 Å². The van der Waals surface area contributed by atoms with Gasteiger partial charge in [-0.05, 0) is 12.1 Å². The minimum Gasteiger partial charge on any atom is -0.236 e. The molecule has 2 aromatic rings. The lowest BCUT2D eigenvalue weighted by atomic mass is 10.2. The summed E-state index contributed by atoms with van der Waals surface area (Å²) in [6.07, 6.45) is 1.44. The van der Waals surface area contributed by atoms with Crippen LogP contribution in [0.25, 0.3) is 10.9 Å². The molecular formula is C12H12Cl2N2S. The lowest BCUT2D eigenvalue weighted by Crippen LogP contribution is -2.06. The summed E-state index contributed by atoms with van der Waals surface area (Å²) in [4.78, 5) is 9.13. The van der Waals surface area contributed by atoms with Gasteiger partial charge < -0.3 is 0 Å². The highest BCUT2D eigenvalue weighted by Crippen LogP contribution is 2.39. The van der Waals surface area contributed by atoms with Crippen molar-refractivity contribution in [2.45, 2.75) is 30.4 Å². The maximum absolute atomic E-state index is 6.24. The molecular weight excluding hydrogens is 275 g/mol. The zero-order valence-corrected chi connectivity index (χ0v) is 12.1. The minimum atomic E-state index is 0.0967. The largest absolute Gasteiger partial charge is 0.236 e. The average Bonchev–Trinajstić information content (AvgIpc) is 2.18. The third-order valence-corrected chi connectivity index (χ3v) is 3.95. The molecule has 0 amide bonds. The standard InChI is InChI=1S/C12H12Cl2N2S/c1-12(2,3)17-10-4-7-9(5-8(10)13)15-6-16-11(7)14/h4-6H,1-3H3. The van der Waals surface area contributed by atoms with E-state index in [0.29, 0.717) is 10.2 Å². The molecule has 0 spiro atoms. The molecule has 17 heavy (non-hydrogen) atoms. The molecule has 2 nitrogen and oxygen atoms in total. The number of rotatable bonds is 1. The molecule has 0 aliphatic carbocycles. The van der Waals surface area contributed by atoms with Crippen molar-refractivity contribution >= 4 is 45.9 Å². The van der Waals surface area contributed by atoms with E-state index in [1.54, 1.807) is 11.8 Å². The first-order valence-electron chi connectivity index (χ1n) is 5.15. The zero-order valence-electron chi connectivity index (χ0n) is 9.79. The van der Waals surface area contributed by atoms with Crippen LogP contribution in [0.3, 0.4) is 0 Å². The van der Waals surface area contributed by atoms with E-state index in [0.717, 1.165) is 15.8 Å². The molecule has 0 unspecified atom stereocenters. The predicted octanol–water partition coefficient (Wildman–Crippen LogP) is 4.83. The van der Waals surface area contributed by atoms with Crippen molar-refractivity contribution in [3.05, 3.63) is 28.6 Å². The SMILES string of the molecule is CC(C)(C)Sc1cc2c(Cl)ncnc2cc1Cl. The van der Waals surface area contributed by atoms with Gasteiger partial charge in [0.05, 0.1) is 10.5 Å². The van der Waals surface area contributed by atoms with Gasteiger partial charge in [-0.2, -0.15) is 0 Å². The van der Waals surface area contributed by atoms with E-state index in [4.69, 9.17) is 23.2 Å². The molecule has 1 aromatic carbocycles. The number of nitrogens with zero attached hydrogens (tertiary/aromatic N) is 2. The van der Waals surface area contributed by atoms with Crippen LogP contribution in [0.2, 0.25) is 10.2 Å². The molecule has 0 radical (unpaired) electrons. The number of hydrogen-bond donors (Lipinski definition) is 0. The van der Waals surface area contributed by atoms with Crippen molar-refractivity contribution in [1.82, 2.24) is 9.97 Å². The van der Waals surface area contributed by atoms with Crippen molar-refractivity contribution in [2.24, 2.45) is 0 Å². The van der Waals surface area contributed by atoms with E-state index >= 15 is 0 Å². The van der Waals surface area contributed by atoms with Crippen molar-refractivity contribution < 1.29 is 0 Å². The maximum Gasteiger partial charge on any atom is 0.140 e. The van der Waals surface area contributed by atoms with Gasteiger partial charge in [0.15, 0.2) is 0 Å². The number of hydrogen-bond acceptors (Lipinski definition) is 3. The second kappa shape index (κ2) is 4.63. The summed E-state index contributed by atoms with van der Waals surface area (Å²) in [7, 11) is 0. The summed E-state index contributed by atoms with van der Waals surface area (Å²) >= 11 is 14.0. The van der Waals surface area contributed by atoms with E-state index in [-0.39, 0.29) is 4.75 Å². The van der Waals surface area contributed by atoms with Crippen LogP contribution in [0.1, 0.15) is 20.8 Å². The van der Waals surface area contributed by atoms with E-state index in [1.807, 2.05) is 12.1 Å². The Labute approximate surface area is 115 Å². The summed E-state index contributed by atoms with van der Waals surface area (Å²) < 4.78 is 0.0967. The summed E-state index contributed by atoms with van der Waals surface area (Å²) in [5.41, 5.74) is 0.772. The molecule has 0 aliphatic rings. The highest BCUT2D eigenvalue weighted by Gasteiger charge is 2.16. The van der Waals surface area contributed by atoms with E-state index in [1.165, 1.54) is 6.33 Å². The Bertz CT molecular complexity index is 564. The Morgan fingerprint density at radius 1 is 1.12 bits per heavy atom. The van der Waals surface area contributed by atoms with Crippen molar-refractivity contribution in [3.63, 3.8) is 0 Å². The molecule has 2 rings (SSSR count). The first-order chi connectivity index (χ1) is 7.87. The predicted molar refractivity (Wildman–Crippen MR) is 75.2 cm³/mol. The molecule has 0 N–H and O–H groups in total. The molecule has 0 fully saturated rings. The fourth-order valence-electron chi connectivity index (χ4n) is 1.43. The summed E-state index contributed by atoms with van der Waals surface area (Å²) in [6, 6.07) is 3.79. The second-order valence-corrected chi connectivity index (χ2v) is 7.31. The smallest absolute Gasteiger partial charge is 0.140 e. The van der Waals surface area contributed by atoms with Gasteiger partial charge in [0.1, 0.15) is 11.5 Å². The van der Waals surface area contributed by atoms with Crippen molar-refractivity contribution in [1.29, 1.82) is 0 Å². The van der Waals surface area contributed by atoms with Crippen LogP contribution < -0.4 is 0 Å². The number of benzene rings is 1. The molecule has 0 saturated heterocycles. The topological polar surface area (TPSA) is 25.8 Å². The van der Waals surface area contributed by atoms with Gasteiger partial charge >= 0.3 is 0 Å². The van der Waals surface area contributed by atoms with Gasteiger partial charge in [0.25, 0.3) is 0 Å². The Morgan fingerprint density at radius 3 is 2.47 bits per heavy atom. The van der Waals surface area contributed by atoms with Crippen LogP contribution >= 0.6 is 35.0 Å². The Morgan fingerprint density at radius 2 is 1.82 bits per heavy atom. The number of thioether (sulfide) groups is 1. The van der Waals surface area contributed by atoms with Gasteiger partial charge in [-0.1, -0.05) is 44.0 Å². The van der Waals surface area contributed by atoms with Gasteiger partial charge in [-0.15, -0.1) is 11.8 Å². The molecule has 0 bridgehead atoms. The summed E-state index contributed by atoms with van der Waals surface area (Å²) in [5.74, 6) is 0. The third-order valence-electron chi connectivity index (χ3n) is 2.06. The van der Waals surface area contributed by atoms with Gasteiger partial charge in [0.2, 0.25) is 0 Å². The summed E-state index contributed by atoms with van der Waals surface area (Å²) in [6.45, 7) is 6.42. The van der Waals surface area contributed by atoms with Crippen LogP contribution in [0.5, 0.6) is 0 Å². The fourth-order valence-corrected chi connectivity index (χ4v) is 2.90. The first kappa shape index (κ1) is 12.9. The van der Waals surface area contributed by atoms with Crippen LogP contribution in [0.4, 0.5) is 0 Å². The Hall–Kier alpha value is -0.510. The number of fused-ring (bicyclic) bond motifs is 1. The van der Waals surface area contributed by atoms with E-state index in [2.05, 4.69) is 30.7 Å². The van der Waals surface area contributed by atoms with E-state index in [9.17, 15) is 0 Å². The molecule has 0 saturated carbocycles. The number of halogens is 2. The van der Waals surface area contributed by atoms with E-state index < -0.39 is 0 Å². The van der Waals surface area contributed by atoms with Crippen LogP contribution in [-0.2, 0) is 0 Å². The van der Waals surface area contributed by atoms with Gasteiger partial charge in [-0.25, -0.2) is 9.97 Å². The lowest BCUT2D eigenvalue weighted by molar-refractivity contribution is 0.803. The third kappa shape index (κ3) is 3.03. The van der Waals surface area contributed by atoms with Gasteiger partial charge in [-0.3, -0.25) is 0 Å². The average molecular weight is 287 g/mol. The molecule has 5 heteroatoms. The zero-order chi connectivity index (χ0) is 12.6. The van der Waals surface area contributed by atoms with Gasteiger partial charge in [0, 0.05) is 15.0 Å². The monoisotopic (exact) mass is 286 g/mol. The minimum absolute atomic E-state index is 0.0967. The molecule has 1 aromatic heterocycles. The fraction of sp³-hybridized carbons (Fsp3) is 0.333. The van der Waals surface area contributed by atoms with Crippen molar-refractivity contribution in [3.8, 4) is 0 Å². The molecule has 0 atom stereocenters. The Kier molecular flexibility index (Phi) is 3.53. The van der Waals surface area contributed by atoms with Crippen LogP contribution in [-0.4, -0.2) is 14.7 Å². The highest BCUT2D eigenvalue weighted by molar-refractivity contribution is 8.00. The normalized spacial score (nSPS) is 12.1. The van der Waals surface area contributed by atoms with Crippen LogP contribution in [0, 0.1) is 0 Å². The lowest BCUT2D eigenvalue weighted by Gasteiger charge is -2.18. The maximum atomic E-state index is 6.24. The number of aromatic nitrogens is 2. The second-order valence-electron chi connectivity index (χ2n) is 4.68. The van der Waals surface area contributed by atoms with Crippen LogP contribution in [0.15, 0.2) is 23.4 Å². The molecule has 90 valence electrons. The summed E-state index contributed by atoms with van der Waals surface area (Å²) in [5, 5.41) is 2.00. The molecule has 0 aliphatic heterocycles. The highest BCUT2D eigenvalue weighted by atomic mass is 35.5. The molecule has 1 heterocycles.